The summed E-state index contributed by atoms with van der Waals surface area (Å²) in [5.41, 5.74) is 8.66. The van der Waals surface area contributed by atoms with Gasteiger partial charge in [-0.25, -0.2) is 9.67 Å². The molecule has 3 rings (SSSR count). The van der Waals surface area contributed by atoms with Crippen molar-refractivity contribution in [2.24, 2.45) is 0 Å². The van der Waals surface area contributed by atoms with Crippen LogP contribution >= 0.6 is 15.9 Å². The Morgan fingerprint density at radius 2 is 1.89 bits per heavy atom. The molecule has 2 aromatic heterocycles. The van der Waals surface area contributed by atoms with Gasteiger partial charge in [0.05, 0.1) is 6.20 Å². The van der Waals surface area contributed by atoms with Gasteiger partial charge in [-0.05, 0) is 34.1 Å². The molecule has 0 unspecified atom stereocenters. The van der Waals surface area contributed by atoms with E-state index in [0.717, 1.165) is 27.1 Å². The van der Waals surface area contributed by atoms with Gasteiger partial charge in [-0.3, -0.25) is 0 Å². The van der Waals surface area contributed by atoms with Crippen molar-refractivity contribution in [3.8, 4) is 16.9 Å². The zero-order valence-electron chi connectivity index (χ0n) is 9.99. The summed E-state index contributed by atoms with van der Waals surface area (Å²) in [6.07, 6.45) is 5.45. The Labute approximate surface area is 119 Å². The van der Waals surface area contributed by atoms with E-state index in [4.69, 9.17) is 5.73 Å². The monoisotopic (exact) mass is 314 g/mol. The third-order valence-electron chi connectivity index (χ3n) is 2.80. The van der Waals surface area contributed by atoms with E-state index < -0.39 is 0 Å². The van der Waals surface area contributed by atoms with E-state index in [2.05, 4.69) is 26.0 Å². The highest BCUT2D eigenvalue weighted by molar-refractivity contribution is 9.10. The van der Waals surface area contributed by atoms with Crippen molar-refractivity contribution in [3.05, 3.63) is 59.5 Å². The molecule has 2 N–H and O–H groups in total. The van der Waals surface area contributed by atoms with Gasteiger partial charge in [-0.15, -0.1) is 0 Å². The number of para-hydroxylation sites is 1. The summed E-state index contributed by atoms with van der Waals surface area (Å²) in [6, 6.07) is 11.6. The first-order valence-electron chi connectivity index (χ1n) is 5.75. The topological polar surface area (TPSA) is 56.7 Å². The molecule has 0 bridgehead atoms. The molecule has 3 aromatic rings. The average Bonchev–Trinajstić information content (AvgIpc) is 2.89. The van der Waals surface area contributed by atoms with Crippen LogP contribution in [0, 0.1) is 0 Å². The molecule has 94 valence electrons. The maximum absolute atomic E-state index is 5.96. The van der Waals surface area contributed by atoms with E-state index in [1.165, 1.54) is 0 Å². The molecule has 0 spiro atoms. The fraction of sp³-hybridized carbons (Fsp3) is 0. The SMILES string of the molecule is Nc1ccccc1-c1cnn(-c2ccc(Br)cn2)c1. The van der Waals surface area contributed by atoms with Gasteiger partial charge in [0.15, 0.2) is 5.82 Å². The summed E-state index contributed by atoms with van der Waals surface area (Å²) in [5, 5.41) is 4.32. The number of nitrogens with zero attached hydrogens (tertiary/aromatic N) is 3. The number of nitrogen functional groups attached to an aromatic ring is 1. The summed E-state index contributed by atoms with van der Waals surface area (Å²) < 4.78 is 2.67. The zero-order chi connectivity index (χ0) is 13.2. The summed E-state index contributed by atoms with van der Waals surface area (Å²) in [5.74, 6) is 0.768. The molecule has 1 aromatic carbocycles. The van der Waals surface area contributed by atoms with E-state index >= 15 is 0 Å². The maximum Gasteiger partial charge on any atom is 0.153 e. The number of anilines is 1. The highest BCUT2D eigenvalue weighted by Gasteiger charge is 2.06. The predicted octanol–water partition coefficient (Wildman–Crippen LogP) is 3.28. The van der Waals surface area contributed by atoms with Crippen molar-refractivity contribution in [2.75, 3.05) is 5.73 Å². The van der Waals surface area contributed by atoms with E-state index in [1.54, 1.807) is 17.1 Å². The van der Waals surface area contributed by atoms with Gasteiger partial charge in [0.1, 0.15) is 0 Å². The Balaban J connectivity index is 2.00. The van der Waals surface area contributed by atoms with Crippen LogP contribution < -0.4 is 5.73 Å². The van der Waals surface area contributed by atoms with E-state index in [1.807, 2.05) is 42.6 Å². The minimum atomic E-state index is 0.741. The number of hydrogen-bond acceptors (Lipinski definition) is 3. The van der Waals surface area contributed by atoms with Gasteiger partial charge < -0.3 is 5.73 Å². The van der Waals surface area contributed by atoms with Crippen LogP contribution in [0.4, 0.5) is 5.69 Å². The summed E-state index contributed by atoms with van der Waals surface area (Å²) in [4.78, 5) is 4.30. The van der Waals surface area contributed by atoms with Crippen molar-refractivity contribution in [1.82, 2.24) is 14.8 Å². The van der Waals surface area contributed by atoms with Crippen molar-refractivity contribution >= 4 is 21.6 Å². The van der Waals surface area contributed by atoms with Gasteiger partial charge in [0.2, 0.25) is 0 Å². The smallest absolute Gasteiger partial charge is 0.153 e. The lowest BCUT2D eigenvalue weighted by Gasteiger charge is -2.01. The fourth-order valence-electron chi connectivity index (χ4n) is 1.85. The summed E-state index contributed by atoms with van der Waals surface area (Å²) in [6.45, 7) is 0. The Bertz CT molecular complexity index is 703. The number of hydrogen-bond donors (Lipinski definition) is 1. The Hall–Kier alpha value is -2.14. The van der Waals surface area contributed by atoms with Gasteiger partial charge in [-0.1, -0.05) is 18.2 Å². The van der Waals surface area contributed by atoms with Gasteiger partial charge in [0.25, 0.3) is 0 Å². The second-order valence-electron chi connectivity index (χ2n) is 4.10. The molecule has 4 nitrogen and oxygen atoms in total. The zero-order valence-corrected chi connectivity index (χ0v) is 11.6. The minimum Gasteiger partial charge on any atom is -0.398 e. The lowest BCUT2D eigenvalue weighted by molar-refractivity contribution is 0.846. The standard InChI is InChI=1S/C14H11BrN4/c15-11-5-6-14(17-8-11)19-9-10(7-18-19)12-3-1-2-4-13(12)16/h1-9H,16H2. The molecule has 0 amide bonds. The molecule has 2 heterocycles. The third-order valence-corrected chi connectivity index (χ3v) is 3.27. The maximum atomic E-state index is 5.96. The molecule has 19 heavy (non-hydrogen) atoms. The first-order valence-corrected chi connectivity index (χ1v) is 6.55. The third kappa shape index (κ3) is 2.37. The molecule has 0 aliphatic heterocycles. The number of benzene rings is 1. The van der Waals surface area contributed by atoms with Gasteiger partial charge >= 0.3 is 0 Å². The van der Waals surface area contributed by atoms with Crippen molar-refractivity contribution in [1.29, 1.82) is 0 Å². The predicted molar refractivity (Wildman–Crippen MR) is 78.9 cm³/mol. The second kappa shape index (κ2) is 4.85. The van der Waals surface area contributed by atoms with Crippen LogP contribution in [0.15, 0.2) is 59.5 Å². The van der Waals surface area contributed by atoms with Crippen molar-refractivity contribution < 1.29 is 0 Å². The molecule has 0 radical (unpaired) electrons. The van der Waals surface area contributed by atoms with Crippen molar-refractivity contribution in [3.63, 3.8) is 0 Å². The molecule has 0 aliphatic rings. The van der Waals surface area contributed by atoms with E-state index in [-0.39, 0.29) is 0 Å². The van der Waals surface area contributed by atoms with Crippen LogP contribution in [-0.2, 0) is 0 Å². The quantitative estimate of drug-likeness (QED) is 0.738. The lowest BCUT2D eigenvalue weighted by Crippen LogP contribution is -1.96. The number of halogens is 1. The Morgan fingerprint density at radius 1 is 1.05 bits per heavy atom. The summed E-state index contributed by atoms with van der Waals surface area (Å²) >= 11 is 3.36. The largest absolute Gasteiger partial charge is 0.398 e. The number of nitrogens with two attached hydrogens (primary N) is 1. The number of aromatic nitrogens is 3. The first kappa shape index (κ1) is 11.9. The van der Waals surface area contributed by atoms with Crippen molar-refractivity contribution in [2.45, 2.75) is 0 Å². The second-order valence-corrected chi connectivity index (χ2v) is 5.01. The molecule has 0 aliphatic carbocycles. The normalized spacial score (nSPS) is 10.6. The van der Waals surface area contributed by atoms with Gasteiger partial charge in [-0.2, -0.15) is 5.10 Å². The van der Waals surface area contributed by atoms with Crippen LogP contribution in [0.25, 0.3) is 16.9 Å². The van der Waals surface area contributed by atoms with E-state index in [0.29, 0.717) is 0 Å². The highest BCUT2D eigenvalue weighted by Crippen LogP contribution is 2.25. The minimum absolute atomic E-state index is 0.741. The van der Waals surface area contributed by atoms with Crippen LogP contribution in [0.2, 0.25) is 0 Å². The molecule has 0 saturated heterocycles. The van der Waals surface area contributed by atoms with Gasteiger partial charge in [0, 0.05) is 33.7 Å². The molecular weight excluding hydrogens is 304 g/mol. The van der Waals surface area contributed by atoms with Crippen LogP contribution in [0.3, 0.4) is 0 Å². The van der Waals surface area contributed by atoms with Crippen LogP contribution in [0.5, 0.6) is 0 Å². The molecule has 5 heteroatoms. The Morgan fingerprint density at radius 3 is 2.63 bits per heavy atom. The van der Waals surface area contributed by atoms with E-state index in [9.17, 15) is 0 Å². The lowest BCUT2D eigenvalue weighted by atomic mass is 10.1. The van der Waals surface area contributed by atoms with Crippen LogP contribution in [-0.4, -0.2) is 14.8 Å². The number of rotatable bonds is 2. The highest BCUT2D eigenvalue weighted by atomic mass is 79.9. The summed E-state index contributed by atoms with van der Waals surface area (Å²) in [7, 11) is 0. The molecule has 0 fully saturated rings. The Kier molecular flexibility index (Phi) is 3.05. The fourth-order valence-corrected chi connectivity index (χ4v) is 2.09. The average molecular weight is 315 g/mol. The molecular formula is C14H11BrN4. The number of pyridine rings is 1. The first-order chi connectivity index (χ1) is 9.24. The molecule has 0 atom stereocenters. The molecule has 0 saturated carbocycles. The van der Waals surface area contributed by atoms with Crippen LogP contribution in [0.1, 0.15) is 0 Å².